The molecule has 13 aromatic rings. The monoisotopic (exact) mass is 839 g/mol. The fraction of sp³-hybridized carbons (Fsp3) is 0. The minimum atomic E-state index is 0.883. The summed E-state index contributed by atoms with van der Waals surface area (Å²) in [4.78, 5) is 2.44. The highest BCUT2D eigenvalue weighted by atomic mass is 16.3. The first-order valence-corrected chi connectivity index (χ1v) is 22.7. The van der Waals surface area contributed by atoms with E-state index in [-0.39, 0.29) is 0 Å². The zero-order chi connectivity index (χ0) is 43.6. The van der Waals surface area contributed by atoms with Crippen molar-refractivity contribution in [2.45, 2.75) is 0 Å². The van der Waals surface area contributed by atoms with Crippen LogP contribution in [0.15, 0.2) is 253 Å². The van der Waals surface area contributed by atoms with Crippen LogP contribution in [0, 0.1) is 0 Å². The Balaban J connectivity index is 1.07. The second kappa shape index (κ2) is 15.5. The van der Waals surface area contributed by atoms with Crippen LogP contribution in [-0.2, 0) is 0 Å². The number of hydrogen-bond acceptors (Lipinski definition) is 2. The second-order valence-corrected chi connectivity index (χ2v) is 17.2. The summed E-state index contributed by atoms with van der Waals surface area (Å²) in [6.07, 6.45) is 0. The Bertz CT molecular complexity index is 3990. The largest absolute Gasteiger partial charge is 0.455 e. The van der Waals surface area contributed by atoms with E-state index in [1.54, 1.807) is 0 Å². The maximum absolute atomic E-state index is 6.68. The third-order valence-electron chi connectivity index (χ3n) is 13.4. The van der Waals surface area contributed by atoms with Gasteiger partial charge in [-0.15, -0.1) is 0 Å². The van der Waals surface area contributed by atoms with Crippen LogP contribution < -0.4 is 4.90 Å². The van der Waals surface area contributed by atoms with Gasteiger partial charge in [0, 0.05) is 33.2 Å². The summed E-state index contributed by atoms with van der Waals surface area (Å²) in [6.45, 7) is 0. The Morgan fingerprint density at radius 3 is 1.48 bits per heavy atom. The summed E-state index contributed by atoms with van der Waals surface area (Å²) in [5.41, 5.74) is 14.5. The molecule has 2 nitrogen and oxygen atoms in total. The Morgan fingerprint density at radius 1 is 0.273 bits per heavy atom. The lowest BCUT2D eigenvalue weighted by molar-refractivity contribution is 0.673. The molecule has 308 valence electrons. The molecule has 12 aromatic carbocycles. The molecule has 0 N–H and O–H groups in total. The molecule has 0 aliphatic carbocycles. The number of furan rings is 1. The molecule has 1 heterocycles. The van der Waals surface area contributed by atoms with E-state index in [0.717, 1.165) is 61.1 Å². The fourth-order valence-electron chi connectivity index (χ4n) is 10.5. The Labute approximate surface area is 382 Å². The van der Waals surface area contributed by atoms with Gasteiger partial charge in [0.1, 0.15) is 11.2 Å². The summed E-state index contributed by atoms with van der Waals surface area (Å²) < 4.78 is 6.68. The van der Waals surface area contributed by atoms with Gasteiger partial charge in [0.15, 0.2) is 0 Å². The number of hydrogen-bond donors (Lipinski definition) is 0. The van der Waals surface area contributed by atoms with Crippen LogP contribution in [0.3, 0.4) is 0 Å². The number of anilines is 3. The molecule has 13 rings (SSSR count). The molecule has 1 aromatic heterocycles. The van der Waals surface area contributed by atoms with E-state index in [4.69, 9.17) is 4.42 Å². The van der Waals surface area contributed by atoms with Crippen molar-refractivity contribution in [1.29, 1.82) is 0 Å². The van der Waals surface area contributed by atoms with Gasteiger partial charge in [0.05, 0.1) is 0 Å². The second-order valence-electron chi connectivity index (χ2n) is 17.2. The molecule has 2 heteroatoms. The lowest BCUT2D eigenvalue weighted by Gasteiger charge is -2.28. The van der Waals surface area contributed by atoms with Gasteiger partial charge in [0.25, 0.3) is 0 Å². The van der Waals surface area contributed by atoms with Gasteiger partial charge in [-0.3, -0.25) is 0 Å². The molecule has 0 saturated heterocycles. The standard InChI is InChI=1S/C64H41NO/c1-3-19-44(20-4-1)61-57-31-12-11-30-55(57)56-38-36-50(41-59(56)62(61)45-21-5-2-6-22-45)65(48-26-13-24-46(39-48)52-32-15-23-42-17-7-9-28-51(42)52)49-27-14-25-47(40-49)53-33-16-34-60-63(53)58-37-35-43-18-8-10-29-54(43)64(58)66-60/h1-41H. The molecular formula is C64H41NO. The highest BCUT2D eigenvalue weighted by molar-refractivity contribution is 6.23. The van der Waals surface area contributed by atoms with Crippen molar-refractivity contribution in [3.8, 4) is 44.5 Å². The lowest BCUT2D eigenvalue weighted by Crippen LogP contribution is -2.10. The first kappa shape index (κ1) is 37.8. The molecular weight excluding hydrogens is 799 g/mol. The zero-order valence-corrected chi connectivity index (χ0v) is 36.0. The molecule has 0 aliphatic heterocycles. The van der Waals surface area contributed by atoms with Crippen molar-refractivity contribution in [2.24, 2.45) is 0 Å². The lowest BCUT2D eigenvalue weighted by atomic mass is 9.85. The molecule has 0 bridgehead atoms. The minimum Gasteiger partial charge on any atom is -0.455 e. The van der Waals surface area contributed by atoms with Crippen molar-refractivity contribution in [3.63, 3.8) is 0 Å². The van der Waals surface area contributed by atoms with Gasteiger partial charge in [-0.05, 0) is 131 Å². The maximum atomic E-state index is 6.68. The molecule has 0 amide bonds. The van der Waals surface area contributed by atoms with Crippen LogP contribution in [0.25, 0.3) is 110 Å². The number of rotatable bonds is 7. The molecule has 0 radical (unpaired) electrons. The predicted molar refractivity (Wildman–Crippen MR) is 280 cm³/mol. The van der Waals surface area contributed by atoms with Crippen LogP contribution >= 0.6 is 0 Å². The molecule has 0 fully saturated rings. The van der Waals surface area contributed by atoms with E-state index in [2.05, 4.69) is 254 Å². The van der Waals surface area contributed by atoms with Gasteiger partial charge < -0.3 is 9.32 Å². The molecule has 66 heavy (non-hydrogen) atoms. The average molecular weight is 840 g/mol. The number of fused-ring (bicyclic) bond motifs is 9. The van der Waals surface area contributed by atoms with Gasteiger partial charge in [-0.2, -0.15) is 0 Å². The minimum absolute atomic E-state index is 0.883. The quantitative estimate of drug-likeness (QED) is 0.149. The van der Waals surface area contributed by atoms with E-state index >= 15 is 0 Å². The smallest absolute Gasteiger partial charge is 0.143 e. The van der Waals surface area contributed by atoms with Crippen LogP contribution in [0.4, 0.5) is 17.1 Å². The Morgan fingerprint density at radius 2 is 0.758 bits per heavy atom. The van der Waals surface area contributed by atoms with Gasteiger partial charge in [0.2, 0.25) is 0 Å². The topological polar surface area (TPSA) is 16.4 Å². The molecule has 0 atom stereocenters. The van der Waals surface area contributed by atoms with Crippen molar-refractivity contribution in [3.05, 3.63) is 249 Å². The zero-order valence-electron chi connectivity index (χ0n) is 36.0. The maximum Gasteiger partial charge on any atom is 0.143 e. The molecule has 0 saturated carbocycles. The summed E-state index contributed by atoms with van der Waals surface area (Å²) in [5, 5.41) is 11.9. The summed E-state index contributed by atoms with van der Waals surface area (Å²) >= 11 is 0. The fourth-order valence-corrected chi connectivity index (χ4v) is 10.5. The van der Waals surface area contributed by atoms with Crippen LogP contribution in [0.1, 0.15) is 0 Å². The first-order chi connectivity index (χ1) is 32.7. The van der Waals surface area contributed by atoms with Crippen molar-refractivity contribution >= 4 is 82.1 Å². The van der Waals surface area contributed by atoms with E-state index in [1.807, 2.05) is 0 Å². The van der Waals surface area contributed by atoms with Crippen molar-refractivity contribution in [1.82, 2.24) is 0 Å². The molecule has 0 aliphatic rings. The van der Waals surface area contributed by atoms with E-state index in [1.165, 1.54) is 65.5 Å². The van der Waals surface area contributed by atoms with Gasteiger partial charge >= 0.3 is 0 Å². The Hall–Kier alpha value is -8.72. The van der Waals surface area contributed by atoms with Crippen molar-refractivity contribution < 1.29 is 4.42 Å². The third-order valence-corrected chi connectivity index (χ3v) is 13.4. The summed E-state index contributed by atoms with van der Waals surface area (Å²) in [6, 6.07) is 90.4. The van der Waals surface area contributed by atoms with E-state index < -0.39 is 0 Å². The SMILES string of the molecule is c1ccc(-c2c(-c3ccccc3)c3cc(N(c4cccc(-c5cccc6ccccc56)c4)c4cccc(-c5cccc6oc7c8ccccc8ccc7c56)c4)ccc3c3ccccc23)cc1. The van der Waals surface area contributed by atoms with E-state index in [9.17, 15) is 0 Å². The van der Waals surface area contributed by atoms with Crippen molar-refractivity contribution in [2.75, 3.05) is 4.90 Å². The first-order valence-electron chi connectivity index (χ1n) is 22.7. The summed E-state index contributed by atoms with van der Waals surface area (Å²) in [7, 11) is 0. The number of benzene rings is 12. The average Bonchev–Trinajstić information content (AvgIpc) is 3.79. The van der Waals surface area contributed by atoms with Crippen LogP contribution in [-0.4, -0.2) is 0 Å². The summed E-state index contributed by atoms with van der Waals surface area (Å²) in [5.74, 6) is 0. The predicted octanol–water partition coefficient (Wildman–Crippen LogP) is 18.3. The van der Waals surface area contributed by atoms with Gasteiger partial charge in [-0.1, -0.05) is 200 Å². The van der Waals surface area contributed by atoms with E-state index in [0.29, 0.717) is 0 Å². The highest BCUT2D eigenvalue weighted by Gasteiger charge is 2.22. The molecule has 0 spiro atoms. The highest BCUT2D eigenvalue weighted by Crippen LogP contribution is 2.48. The van der Waals surface area contributed by atoms with Crippen LogP contribution in [0.5, 0.6) is 0 Å². The molecule has 0 unspecified atom stereocenters. The van der Waals surface area contributed by atoms with Crippen LogP contribution in [0.2, 0.25) is 0 Å². The normalized spacial score (nSPS) is 11.6. The Kier molecular flexibility index (Phi) is 8.89. The van der Waals surface area contributed by atoms with Gasteiger partial charge in [-0.25, -0.2) is 0 Å². The third kappa shape index (κ3) is 6.18. The number of nitrogens with zero attached hydrogens (tertiary/aromatic N) is 1.